The number of hydrogen-bond donors (Lipinski definition) is 2. The van der Waals surface area contributed by atoms with Gasteiger partial charge < -0.3 is 10.6 Å². The van der Waals surface area contributed by atoms with Gasteiger partial charge in [0, 0.05) is 24.6 Å². The van der Waals surface area contributed by atoms with Crippen LogP contribution in [0.4, 0.5) is 5.69 Å². The molecule has 0 aliphatic carbocycles. The largest absolute Gasteiger partial charge is 0.344 e. The first kappa shape index (κ1) is 13.7. The molecule has 0 saturated heterocycles. The van der Waals surface area contributed by atoms with Gasteiger partial charge in [0.2, 0.25) is 0 Å². The van der Waals surface area contributed by atoms with Gasteiger partial charge in [0.15, 0.2) is 0 Å². The van der Waals surface area contributed by atoms with Gasteiger partial charge in [0.05, 0.1) is 0 Å². The first-order valence-corrected chi connectivity index (χ1v) is 6.20. The van der Waals surface area contributed by atoms with E-state index in [0.29, 0.717) is 5.69 Å². The molecule has 1 aromatic carbocycles. The first-order valence-electron chi connectivity index (χ1n) is 6.20. The quantitative estimate of drug-likeness (QED) is 0.832. The second-order valence-electron chi connectivity index (χ2n) is 4.31. The highest BCUT2D eigenvalue weighted by Crippen LogP contribution is 2.12. The van der Waals surface area contributed by atoms with Crippen molar-refractivity contribution in [2.24, 2.45) is 0 Å². The van der Waals surface area contributed by atoms with Gasteiger partial charge in [-0.1, -0.05) is 24.3 Å². The summed E-state index contributed by atoms with van der Waals surface area (Å²) in [5, 5.41) is 5.13. The number of nitrogens with zero attached hydrogens (tertiary/aromatic N) is 1. The summed E-state index contributed by atoms with van der Waals surface area (Å²) in [7, 11) is 0. The lowest BCUT2D eigenvalue weighted by atomic mass is 10.2. The molecule has 0 aliphatic heterocycles. The number of carbonyl (C=O) groups is 2. The van der Waals surface area contributed by atoms with E-state index >= 15 is 0 Å². The molecule has 0 atom stereocenters. The lowest BCUT2D eigenvalue weighted by Gasteiger charge is -2.08. The van der Waals surface area contributed by atoms with Crippen molar-refractivity contribution in [1.82, 2.24) is 10.3 Å². The molecule has 0 fully saturated rings. The molecule has 0 radical (unpaired) electrons. The lowest BCUT2D eigenvalue weighted by molar-refractivity contribution is -0.136. The SMILES string of the molecule is Cc1ccccc1NC(=O)C(=O)NCc1cccnc1. The maximum atomic E-state index is 11.7. The summed E-state index contributed by atoms with van der Waals surface area (Å²) in [5.74, 6) is -1.35. The van der Waals surface area contributed by atoms with Crippen LogP contribution in [0.15, 0.2) is 48.8 Å². The normalized spacial score (nSPS) is 9.85. The number of anilines is 1. The minimum absolute atomic E-state index is 0.272. The zero-order chi connectivity index (χ0) is 14.4. The van der Waals surface area contributed by atoms with Crippen LogP contribution in [0.3, 0.4) is 0 Å². The predicted molar refractivity (Wildman–Crippen MR) is 75.9 cm³/mol. The summed E-state index contributed by atoms with van der Waals surface area (Å²) in [5.41, 5.74) is 2.37. The molecule has 0 bridgehead atoms. The number of nitrogens with one attached hydrogen (secondary N) is 2. The fourth-order valence-corrected chi connectivity index (χ4v) is 1.66. The number of para-hydroxylation sites is 1. The molecule has 0 saturated carbocycles. The summed E-state index contributed by atoms with van der Waals surface area (Å²) in [6.45, 7) is 2.14. The fourth-order valence-electron chi connectivity index (χ4n) is 1.66. The van der Waals surface area contributed by atoms with Crippen molar-refractivity contribution in [2.75, 3.05) is 5.32 Å². The molecule has 1 heterocycles. The van der Waals surface area contributed by atoms with Crippen LogP contribution < -0.4 is 10.6 Å². The van der Waals surface area contributed by atoms with Crippen LogP contribution in [0.25, 0.3) is 0 Å². The second kappa shape index (κ2) is 6.47. The Balaban J connectivity index is 1.90. The van der Waals surface area contributed by atoms with E-state index in [-0.39, 0.29) is 6.54 Å². The monoisotopic (exact) mass is 269 g/mol. The van der Waals surface area contributed by atoms with Crippen molar-refractivity contribution >= 4 is 17.5 Å². The van der Waals surface area contributed by atoms with Crippen LogP contribution in [-0.4, -0.2) is 16.8 Å². The second-order valence-corrected chi connectivity index (χ2v) is 4.31. The number of amides is 2. The van der Waals surface area contributed by atoms with E-state index in [0.717, 1.165) is 11.1 Å². The Morgan fingerprint density at radius 2 is 1.90 bits per heavy atom. The Morgan fingerprint density at radius 1 is 1.10 bits per heavy atom. The zero-order valence-corrected chi connectivity index (χ0v) is 11.1. The Kier molecular flexibility index (Phi) is 4.44. The van der Waals surface area contributed by atoms with Gasteiger partial charge >= 0.3 is 11.8 Å². The smallest absolute Gasteiger partial charge is 0.313 e. The van der Waals surface area contributed by atoms with E-state index in [2.05, 4.69) is 15.6 Å². The average molecular weight is 269 g/mol. The van der Waals surface area contributed by atoms with E-state index < -0.39 is 11.8 Å². The summed E-state index contributed by atoms with van der Waals surface area (Å²) in [6, 6.07) is 10.9. The van der Waals surface area contributed by atoms with Gasteiger partial charge in [-0.2, -0.15) is 0 Å². The first-order chi connectivity index (χ1) is 9.66. The molecule has 0 unspecified atom stereocenters. The molecule has 2 aromatic rings. The molecule has 1 aromatic heterocycles. The molecular weight excluding hydrogens is 254 g/mol. The van der Waals surface area contributed by atoms with Crippen LogP contribution in [0, 0.1) is 6.92 Å². The molecule has 2 rings (SSSR count). The van der Waals surface area contributed by atoms with Crippen molar-refractivity contribution in [3.05, 3.63) is 59.9 Å². The van der Waals surface area contributed by atoms with E-state index in [1.165, 1.54) is 0 Å². The third-order valence-corrected chi connectivity index (χ3v) is 2.78. The molecule has 5 heteroatoms. The minimum Gasteiger partial charge on any atom is -0.344 e. The van der Waals surface area contributed by atoms with Gasteiger partial charge in [-0.3, -0.25) is 14.6 Å². The summed E-state index contributed by atoms with van der Waals surface area (Å²) >= 11 is 0. The van der Waals surface area contributed by atoms with Crippen molar-refractivity contribution < 1.29 is 9.59 Å². The number of hydrogen-bond acceptors (Lipinski definition) is 3. The van der Waals surface area contributed by atoms with Crippen molar-refractivity contribution in [1.29, 1.82) is 0 Å². The molecule has 0 spiro atoms. The zero-order valence-electron chi connectivity index (χ0n) is 11.1. The molecule has 102 valence electrons. The highest BCUT2D eigenvalue weighted by Gasteiger charge is 2.13. The number of carbonyl (C=O) groups excluding carboxylic acids is 2. The highest BCUT2D eigenvalue weighted by atomic mass is 16.2. The van der Waals surface area contributed by atoms with Crippen LogP contribution >= 0.6 is 0 Å². The van der Waals surface area contributed by atoms with E-state index in [9.17, 15) is 9.59 Å². The fraction of sp³-hybridized carbons (Fsp3) is 0.133. The van der Waals surface area contributed by atoms with E-state index in [1.807, 2.05) is 25.1 Å². The molecule has 0 aliphatic rings. The van der Waals surface area contributed by atoms with Crippen molar-refractivity contribution in [2.45, 2.75) is 13.5 Å². The standard InChI is InChI=1S/C15H15N3O2/c1-11-5-2-3-7-13(11)18-15(20)14(19)17-10-12-6-4-8-16-9-12/h2-9H,10H2,1H3,(H,17,19)(H,18,20). The minimum atomic E-state index is -0.678. The third-order valence-electron chi connectivity index (χ3n) is 2.78. The number of rotatable bonds is 3. The van der Waals surface area contributed by atoms with Gasteiger partial charge in [-0.05, 0) is 30.2 Å². The van der Waals surface area contributed by atoms with Crippen LogP contribution in [0.2, 0.25) is 0 Å². The Bertz CT molecular complexity index is 612. The molecule has 2 amide bonds. The lowest BCUT2D eigenvalue weighted by Crippen LogP contribution is -2.35. The predicted octanol–water partition coefficient (Wildman–Crippen LogP) is 1.64. The number of pyridine rings is 1. The Labute approximate surface area is 117 Å². The molecule has 20 heavy (non-hydrogen) atoms. The maximum Gasteiger partial charge on any atom is 0.313 e. The molecular formula is C15H15N3O2. The maximum absolute atomic E-state index is 11.7. The van der Waals surface area contributed by atoms with Crippen molar-refractivity contribution in [3.8, 4) is 0 Å². The highest BCUT2D eigenvalue weighted by molar-refractivity contribution is 6.39. The van der Waals surface area contributed by atoms with Gasteiger partial charge in [-0.25, -0.2) is 0 Å². The average Bonchev–Trinajstić information content (AvgIpc) is 2.48. The molecule has 5 nitrogen and oxygen atoms in total. The topological polar surface area (TPSA) is 71.1 Å². The van der Waals surface area contributed by atoms with E-state index in [1.54, 1.807) is 30.6 Å². The van der Waals surface area contributed by atoms with Gasteiger partial charge in [-0.15, -0.1) is 0 Å². The number of benzene rings is 1. The van der Waals surface area contributed by atoms with Crippen LogP contribution in [0.5, 0.6) is 0 Å². The van der Waals surface area contributed by atoms with Crippen LogP contribution in [-0.2, 0) is 16.1 Å². The molecule has 2 N–H and O–H groups in total. The van der Waals surface area contributed by atoms with Gasteiger partial charge in [0.1, 0.15) is 0 Å². The summed E-state index contributed by atoms with van der Waals surface area (Å²) in [6.07, 6.45) is 3.29. The number of aromatic nitrogens is 1. The Morgan fingerprint density at radius 3 is 2.60 bits per heavy atom. The van der Waals surface area contributed by atoms with Gasteiger partial charge in [0.25, 0.3) is 0 Å². The summed E-state index contributed by atoms with van der Waals surface area (Å²) < 4.78 is 0. The van der Waals surface area contributed by atoms with Crippen molar-refractivity contribution in [3.63, 3.8) is 0 Å². The Hall–Kier alpha value is -2.69. The van der Waals surface area contributed by atoms with Crippen LogP contribution in [0.1, 0.15) is 11.1 Å². The third kappa shape index (κ3) is 3.65. The summed E-state index contributed by atoms with van der Waals surface area (Å²) in [4.78, 5) is 27.4. The van der Waals surface area contributed by atoms with E-state index in [4.69, 9.17) is 0 Å². The number of aryl methyl sites for hydroxylation is 1.